The SMILES string of the molecule is CSc1cccc(N2CCN(C3CN4CCC3CC4)C2=O)c1. The molecule has 4 aliphatic heterocycles. The van der Waals surface area contributed by atoms with E-state index in [1.54, 1.807) is 11.8 Å². The highest BCUT2D eigenvalue weighted by molar-refractivity contribution is 7.98. The van der Waals surface area contributed by atoms with Crippen LogP contribution >= 0.6 is 11.8 Å². The molecule has 0 spiro atoms. The predicted molar refractivity (Wildman–Crippen MR) is 90.6 cm³/mol. The molecule has 4 nitrogen and oxygen atoms in total. The number of carbonyl (C=O) groups is 1. The number of urea groups is 1. The molecule has 0 saturated carbocycles. The maximum atomic E-state index is 12.9. The van der Waals surface area contributed by atoms with Gasteiger partial charge in [0.15, 0.2) is 0 Å². The van der Waals surface area contributed by atoms with Gasteiger partial charge in [0, 0.05) is 36.3 Å². The van der Waals surface area contributed by atoms with E-state index in [1.807, 2.05) is 11.0 Å². The molecule has 22 heavy (non-hydrogen) atoms. The molecule has 0 aliphatic carbocycles. The van der Waals surface area contributed by atoms with Crippen molar-refractivity contribution in [2.24, 2.45) is 5.92 Å². The Morgan fingerprint density at radius 1 is 1.14 bits per heavy atom. The molecule has 0 radical (unpaired) electrons. The Hall–Kier alpha value is -1.20. The summed E-state index contributed by atoms with van der Waals surface area (Å²) in [5, 5.41) is 0. The Bertz CT molecular complexity index is 571. The number of hydrogen-bond acceptors (Lipinski definition) is 3. The first-order valence-corrected chi connectivity index (χ1v) is 9.43. The topological polar surface area (TPSA) is 26.8 Å². The van der Waals surface area contributed by atoms with Gasteiger partial charge in [0.25, 0.3) is 0 Å². The van der Waals surface area contributed by atoms with Crippen LogP contribution in [0.2, 0.25) is 0 Å². The number of nitrogens with zero attached hydrogens (tertiary/aromatic N) is 3. The minimum atomic E-state index is 0.206. The first kappa shape index (κ1) is 14.4. The lowest BCUT2D eigenvalue weighted by Gasteiger charge is -2.47. The Morgan fingerprint density at radius 2 is 1.95 bits per heavy atom. The number of amides is 2. The van der Waals surface area contributed by atoms with E-state index < -0.39 is 0 Å². The molecule has 118 valence electrons. The van der Waals surface area contributed by atoms with Gasteiger partial charge >= 0.3 is 6.03 Å². The van der Waals surface area contributed by atoms with E-state index in [0.29, 0.717) is 12.0 Å². The maximum absolute atomic E-state index is 12.9. The number of carbonyl (C=O) groups excluding carboxylic acids is 1. The molecule has 1 unspecified atom stereocenters. The summed E-state index contributed by atoms with van der Waals surface area (Å²) in [6.45, 7) is 5.22. The molecular weight excluding hydrogens is 294 g/mol. The van der Waals surface area contributed by atoms with Crippen molar-refractivity contribution in [3.8, 4) is 0 Å². The summed E-state index contributed by atoms with van der Waals surface area (Å²) in [5.74, 6) is 0.714. The van der Waals surface area contributed by atoms with E-state index in [9.17, 15) is 4.79 Å². The van der Waals surface area contributed by atoms with Crippen LogP contribution in [0, 0.1) is 5.92 Å². The van der Waals surface area contributed by atoms with Crippen molar-refractivity contribution in [1.29, 1.82) is 0 Å². The van der Waals surface area contributed by atoms with Crippen molar-refractivity contribution in [1.82, 2.24) is 9.80 Å². The molecule has 1 aromatic carbocycles. The molecule has 1 atom stereocenters. The van der Waals surface area contributed by atoms with Crippen molar-refractivity contribution in [3.63, 3.8) is 0 Å². The summed E-state index contributed by atoms with van der Waals surface area (Å²) >= 11 is 1.72. The zero-order valence-corrected chi connectivity index (χ0v) is 13.9. The van der Waals surface area contributed by atoms with Gasteiger partial charge < -0.3 is 9.80 Å². The normalized spacial score (nSPS) is 31.1. The van der Waals surface area contributed by atoms with Gasteiger partial charge in [0.1, 0.15) is 0 Å². The van der Waals surface area contributed by atoms with Gasteiger partial charge in [-0.3, -0.25) is 4.90 Å². The molecule has 4 heterocycles. The van der Waals surface area contributed by atoms with Crippen LogP contribution in [0.3, 0.4) is 0 Å². The van der Waals surface area contributed by atoms with Crippen molar-refractivity contribution in [2.75, 3.05) is 43.9 Å². The van der Waals surface area contributed by atoms with E-state index in [1.165, 1.54) is 30.8 Å². The van der Waals surface area contributed by atoms with Crippen molar-refractivity contribution in [3.05, 3.63) is 24.3 Å². The van der Waals surface area contributed by atoms with Crippen LogP contribution in [0.15, 0.2) is 29.2 Å². The summed E-state index contributed by atoms with van der Waals surface area (Å²) in [7, 11) is 0. The average Bonchev–Trinajstić information content (AvgIpc) is 2.97. The molecule has 2 amide bonds. The Balaban J connectivity index is 1.52. The highest BCUT2D eigenvalue weighted by Crippen LogP contribution is 2.34. The lowest BCUT2D eigenvalue weighted by Crippen LogP contribution is -2.58. The monoisotopic (exact) mass is 317 g/mol. The second-order valence-electron chi connectivity index (χ2n) is 6.53. The van der Waals surface area contributed by atoms with Crippen LogP contribution < -0.4 is 4.90 Å². The fraction of sp³-hybridized carbons (Fsp3) is 0.588. The largest absolute Gasteiger partial charge is 0.324 e. The van der Waals surface area contributed by atoms with E-state index in [2.05, 4.69) is 34.3 Å². The quantitative estimate of drug-likeness (QED) is 0.802. The highest BCUT2D eigenvalue weighted by Gasteiger charge is 2.43. The molecular formula is C17H23N3OS. The molecule has 5 heteroatoms. The Labute approximate surface area is 136 Å². The standard InChI is InChI=1S/C17H23N3OS/c1-22-15-4-2-3-14(11-15)19-9-10-20(17(19)21)16-12-18-7-5-13(16)6-8-18/h2-4,11,13,16H,5-10,12H2,1H3. The first-order valence-electron chi connectivity index (χ1n) is 8.21. The highest BCUT2D eigenvalue weighted by atomic mass is 32.2. The third-order valence-electron chi connectivity index (χ3n) is 5.43. The number of rotatable bonds is 3. The van der Waals surface area contributed by atoms with Crippen LogP contribution in [0.1, 0.15) is 12.8 Å². The fourth-order valence-corrected chi connectivity index (χ4v) is 4.62. The van der Waals surface area contributed by atoms with Crippen LogP contribution in [-0.2, 0) is 0 Å². The lowest BCUT2D eigenvalue weighted by molar-refractivity contribution is 0.0300. The van der Waals surface area contributed by atoms with Crippen LogP contribution in [0.25, 0.3) is 0 Å². The van der Waals surface area contributed by atoms with Crippen LogP contribution in [-0.4, -0.2) is 60.9 Å². The Morgan fingerprint density at radius 3 is 2.64 bits per heavy atom. The second kappa shape index (κ2) is 5.78. The van der Waals surface area contributed by atoms with E-state index >= 15 is 0 Å². The maximum Gasteiger partial charge on any atom is 0.324 e. The molecule has 0 N–H and O–H groups in total. The minimum Gasteiger partial charge on any atom is -0.318 e. The van der Waals surface area contributed by atoms with Gasteiger partial charge in [0.05, 0.1) is 0 Å². The predicted octanol–water partition coefficient (Wildman–Crippen LogP) is 2.74. The third kappa shape index (κ3) is 2.40. The number of fused-ring (bicyclic) bond motifs is 3. The van der Waals surface area contributed by atoms with Gasteiger partial charge in [-0.05, 0) is 56.3 Å². The Kier molecular flexibility index (Phi) is 3.78. The number of anilines is 1. The lowest BCUT2D eigenvalue weighted by atomic mass is 9.83. The number of piperidine rings is 3. The van der Waals surface area contributed by atoms with Gasteiger partial charge in [-0.25, -0.2) is 4.79 Å². The number of thioether (sulfide) groups is 1. The summed E-state index contributed by atoms with van der Waals surface area (Å²) < 4.78 is 0. The van der Waals surface area contributed by atoms with E-state index in [4.69, 9.17) is 0 Å². The molecule has 4 fully saturated rings. The van der Waals surface area contributed by atoms with Crippen LogP contribution in [0.4, 0.5) is 10.5 Å². The number of benzene rings is 1. The van der Waals surface area contributed by atoms with Gasteiger partial charge in [-0.1, -0.05) is 6.07 Å². The summed E-state index contributed by atoms with van der Waals surface area (Å²) in [4.78, 5) is 20.7. The zero-order chi connectivity index (χ0) is 15.1. The van der Waals surface area contributed by atoms with Gasteiger partial charge in [-0.15, -0.1) is 11.8 Å². The summed E-state index contributed by atoms with van der Waals surface area (Å²) in [5.41, 5.74) is 1.04. The minimum absolute atomic E-state index is 0.206. The molecule has 0 aromatic heterocycles. The van der Waals surface area contributed by atoms with Crippen molar-refractivity contribution in [2.45, 2.75) is 23.8 Å². The van der Waals surface area contributed by atoms with Gasteiger partial charge in [0.2, 0.25) is 0 Å². The smallest absolute Gasteiger partial charge is 0.318 e. The molecule has 4 saturated heterocycles. The van der Waals surface area contributed by atoms with Crippen molar-refractivity contribution >= 4 is 23.5 Å². The molecule has 4 aliphatic rings. The van der Waals surface area contributed by atoms with Crippen molar-refractivity contribution < 1.29 is 4.79 Å². The fourth-order valence-electron chi connectivity index (χ4n) is 4.17. The molecule has 1 aromatic rings. The third-order valence-corrected chi connectivity index (χ3v) is 6.15. The first-order chi connectivity index (χ1) is 10.8. The van der Waals surface area contributed by atoms with E-state index in [-0.39, 0.29) is 6.03 Å². The summed E-state index contributed by atoms with van der Waals surface area (Å²) in [6.07, 6.45) is 4.59. The molecule has 2 bridgehead atoms. The number of hydrogen-bond donors (Lipinski definition) is 0. The van der Waals surface area contributed by atoms with Gasteiger partial charge in [-0.2, -0.15) is 0 Å². The second-order valence-corrected chi connectivity index (χ2v) is 7.41. The van der Waals surface area contributed by atoms with E-state index in [0.717, 1.165) is 25.3 Å². The average molecular weight is 317 g/mol. The summed E-state index contributed by atoms with van der Waals surface area (Å²) in [6, 6.07) is 8.96. The molecule has 5 rings (SSSR count). The zero-order valence-electron chi connectivity index (χ0n) is 13.1. The van der Waals surface area contributed by atoms with Crippen LogP contribution in [0.5, 0.6) is 0 Å².